The molecule has 2 aromatic rings. The van der Waals surface area contributed by atoms with Crippen LogP contribution in [0.1, 0.15) is 25.7 Å². The van der Waals surface area contributed by atoms with Gasteiger partial charge in [0.2, 0.25) is 10.0 Å². The monoisotopic (exact) mass is 351 g/mol. The van der Waals surface area contributed by atoms with Gasteiger partial charge in [-0.1, -0.05) is 0 Å². The van der Waals surface area contributed by atoms with Gasteiger partial charge in [0.25, 0.3) is 0 Å². The second-order valence-corrected chi connectivity index (χ2v) is 7.84. The van der Waals surface area contributed by atoms with Gasteiger partial charge in [-0.15, -0.1) is 0 Å². The van der Waals surface area contributed by atoms with Crippen LogP contribution >= 0.6 is 0 Å². The van der Waals surface area contributed by atoms with Crippen LogP contribution in [0.5, 0.6) is 11.8 Å². The zero-order valence-corrected chi connectivity index (χ0v) is 14.5. The van der Waals surface area contributed by atoms with E-state index in [0.717, 1.165) is 42.3 Å². The van der Waals surface area contributed by atoms with E-state index in [2.05, 4.69) is 14.7 Å². The quantitative estimate of drug-likeness (QED) is 0.884. The summed E-state index contributed by atoms with van der Waals surface area (Å²) in [6, 6.07) is 5.94. The van der Waals surface area contributed by atoms with E-state index < -0.39 is 10.0 Å². The number of hydrogen-bond acceptors (Lipinski definition) is 6. The van der Waals surface area contributed by atoms with E-state index >= 15 is 0 Å². The molecule has 0 atom stereocenters. The van der Waals surface area contributed by atoms with Gasteiger partial charge in [-0.3, -0.25) is 0 Å². The molecule has 1 aliphatic rings. The molecule has 1 N–H and O–H groups in total. The van der Waals surface area contributed by atoms with Crippen LogP contribution in [-0.2, 0) is 10.0 Å². The highest BCUT2D eigenvalue weighted by Crippen LogP contribution is 2.24. The van der Waals surface area contributed by atoms with Crippen LogP contribution in [0.25, 0.3) is 10.9 Å². The second-order valence-electron chi connectivity index (χ2n) is 6.06. The number of methoxy groups -OCH3 is 1. The maximum Gasteiger partial charge on any atom is 0.317 e. The Balaban J connectivity index is 1.63. The first-order valence-corrected chi connectivity index (χ1v) is 9.77. The SMILES string of the molecule is COc1ccc2cnc(O[C@H]3CC[C@H](NS(C)(=O)=O)CC3)nc2c1. The standard InChI is InChI=1S/C16H21N3O4S/c1-22-14-6-3-11-10-17-16(18-15(11)9-14)23-13-7-4-12(5-8-13)19-24(2,20)21/h3,6,9-10,12-13,19H,4-5,7-8H2,1-2H3/t12-,13-. The topological polar surface area (TPSA) is 90.4 Å². The molecule has 0 aliphatic heterocycles. The van der Waals surface area contributed by atoms with Crippen LogP contribution in [0, 0.1) is 0 Å². The molecule has 24 heavy (non-hydrogen) atoms. The highest BCUT2D eigenvalue weighted by molar-refractivity contribution is 7.88. The number of benzene rings is 1. The summed E-state index contributed by atoms with van der Waals surface area (Å²) in [5.74, 6) is 0.736. The van der Waals surface area contributed by atoms with Crippen LogP contribution < -0.4 is 14.2 Å². The van der Waals surface area contributed by atoms with Gasteiger partial charge in [0, 0.05) is 23.7 Å². The minimum Gasteiger partial charge on any atom is -0.497 e. The third-order valence-electron chi connectivity index (χ3n) is 4.09. The fraction of sp³-hybridized carbons (Fsp3) is 0.500. The number of aromatic nitrogens is 2. The van der Waals surface area contributed by atoms with Crippen molar-refractivity contribution in [1.29, 1.82) is 0 Å². The van der Waals surface area contributed by atoms with Crippen molar-refractivity contribution in [2.45, 2.75) is 37.8 Å². The largest absolute Gasteiger partial charge is 0.497 e. The molecule has 8 heteroatoms. The highest BCUT2D eigenvalue weighted by atomic mass is 32.2. The first-order chi connectivity index (χ1) is 11.4. The fourth-order valence-corrected chi connectivity index (χ4v) is 3.76. The van der Waals surface area contributed by atoms with E-state index in [1.165, 1.54) is 6.26 Å². The van der Waals surface area contributed by atoms with Crippen LogP contribution in [0.3, 0.4) is 0 Å². The molecular formula is C16H21N3O4S. The van der Waals surface area contributed by atoms with Crippen LogP contribution in [0.4, 0.5) is 0 Å². The smallest absolute Gasteiger partial charge is 0.317 e. The van der Waals surface area contributed by atoms with Gasteiger partial charge < -0.3 is 9.47 Å². The average molecular weight is 351 g/mol. The lowest BCUT2D eigenvalue weighted by molar-refractivity contribution is 0.133. The molecule has 0 spiro atoms. The molecule has 1 aliphatic carbocycles. The van der Waals surface area contributed by atoms with Gasteiger partial charge in [0.1, 0.15) is 11.9 Å². The van der Waals surface area contributed by atoms with Gasteiger partial charge >= 0.3 is 6.01 Å². The summed E-state index contributed by atoms with van der Waals surface area (Å²) < 4.78 is 36.3. The average Bonchev–Trinajstić information content (AvgIpc) is 2.54. The van der Waals surface area contributed by atoms with Crippen molar-refractivity contribution < 1.29 is 17.9 Å². The molecule has 0 radical (unpaired) electrons. The Labute approximate surface area is 141 Å². The lowest BCUT2D eigenvalue weighted by Gasteiger charge is -2.28. The van der Waals surface area contributed by atoms with Crippen molar-refractivity contribution >= 4 is 20.9 Å². The summed E-state index contributed by atoms with van der Waals surface area (Å²) in [7, 11) is -1.54. The number of nitrogens with one attached hydrogen (secondary N) is 1. The zero-order chi connectivity index (χ0) is 17.2. The van der Waals surface area contributed by atoms with Crippen molar-refractivity contribution in [2.75, 3.05) is 13.4 Å². The summed E-state index contributed by atoms with van der Waals surface area (Å²) in [5.41, 5.74) is 0.770. The van der Waals surface area contributed by atoms with Gasteiger partial charge in [0.15, 0.2) is 0 Å². The second kappa shape index (κ2) is 6.90. The van der Waals surface area contributed by atoms with Crippen molar-refractivity contribution in [2.24, 2.45) is 0 Å². The summed E-state index contributed by atoms with van der Waals surface area (Å²) in [6.45, 7) is 0. The Bertz CT molecular complexity index is 817. The Kier molecular flexibility index (Phi) is 4.86. The van der Waals surface area contributed by atoms with E-state index in [-0.39, 0.29) is 12.1 Å². The van der Waals surface area contributed by atoms with Gasteiger partial charge in [-0.25, -0.2) is 18.1 Å². The third kappa shape index (κ3) is 4.33. The number of nitrogens with zero attached hydrogens (tertiary/aromatic N) is 2. The minimum atomic E-state index is -3.16. The molecule has 3 rings (SSSR count). The number of ether oxygens (including phenoxy) is 2. The number of hydrogen-bond donors (Lipinski definition) is 1. The van der Waals surface area contributed by atoms with Crippen molar-refractivity contribution in [3.05, 3.63) is 24.4 Å². The molecule has 1 fully saturated rings. The summed E-state index contributed by atoms with van der Waals surface area (Å²) >= 11 is 0. The van der Waals surface area contributed by atoms with Crippen LogP contribution in [0.2, 0.25) is 0 Å². The molecule has 130 valence electrons. The molecule has 1 heterocycles. The Morgan fingerprint density at radius 3 is 2.62 bits per heavy atom. The molecule has 1 saturated carbocycles. The molecule has 1 aromatic carbocycles. The number of rotatable bonds is 5. The van der Waals surface area contributed by atoms with E-state index in [9.17, 15) is 8.42 Å². The van der Waals surface area contributed by atoms with E-state index in [4.69, 9.17) is 9.47 Å². The lowest BCUT2D eigenvalue weighted by Crippen LogP contribution is -2.39. The van der Waals surface area contributed by atoms with Crippen molar-refractivity contribution in [1.82, 2.24) is 14.7 Å². The third-order valence-corrected chi connectivity index (χ3v) is 4.86. The molecule has 1 aromatic heterocycles. The van der Waals surface area contributed by atoms with E-state index in [1.54, 1.807) is 13.3 Å². The molecule has 0 amide bonds. The van der Waals surface area contributed by atoms with Gasteiger partial charge in [-0.2, -0.15) is 4.98 Å². The zero-order valence-electron chi connectivity index (χ0n) is 13.7. The fourth-order valence-electron chi connectivity index (χ4n) is 2.92. The summed E-state index contributed by atoms with van der Waals surface area (Å²) in [4.78, 5) is 8.68. The first-order valence-electron chi connectivity index (χ1n) is 7.88. The molecular weight excluding hydrogens is 330 g/mol. The Morgan fingerprint density at radius 2 is 1.96 bits per heavy atom. The van der Waals surface area contributed by atoms with E-state index in [0.29, 0.717) is 6.01 Å². The highest BCUT2D eigenvalue weighted by Gasteiger charge is 2.25. The molecule has 0 bridgehead atoms. The maximum absolute atomic E-state index is 11.3. The van der Waals surface area contributed by atoms with Crippen molar-refractivity contribution in [3.8, 4) is 11.8 Å². The Morgan fingerprint density at radius 1 is 1.21 bits per heavy atom. The van der Waals surface area contributed by atoms with Gasteiger partial charge in [-0.05, 0) is 37.8 Å². The minimum absolute atomic E-state index is 0.00525. The van der Waals surface area contributed by atoms with Crippen LogP contribution in [-0.4, -0.2) is 43.9 Å². The van der Waals surface area contributed by atoms with Gasteiger partial charge in [0.05, 0.1) is 18.9 Å². The maximum atomic E-state index is 11.3. The number of sulfonamides is 1. The normalized spacial score (nSPS) is 21.6. The van der Waals surface area contributed by atoms with Crippen LogP contribution in [0.15, 0.2) is 24.4 Å². The predicted molar refractivity (Wildman–Crippen MR) is 90.7 cm³/mol. The summed E-state index contributed by atoms with van der Waals surface area (Å²) in [5, 5.41) is 0.921. The molecule has 7 nitrogen and oxygen atoms in total. The lowest BCUT2D eigenvalue weighted by atomic mass is 9.94. The molecule has 0 saturated heterocycles. The van der Waals surface area contributed by atoms with E-state index in [1.807, 2.05) is 18.2 Å². The molecule has 0 unspecified atom stereocenters. The number of fused-ring (bicyclic) bond motifs is 1. The first kappa shape index (κ1) is 16.9. The predicted octanol–water partition coefficient (Wildman–Crippen LogP) is 1.88. The Hall–Kier alpha value is -1.93. The summed E-state index contributed by atoms with van der Waals surface area (Å²) in [6.07, 6.45) is 5.96. The van der Waals surface area contributed by atoms with Crippen molar-refractivity contribution in [3.63, 3.8) is 0 Å².